The Morgan fingerprint density at radius 2 is 1.77 bits per heavy atom. The molecule has 2 heterocycles. The minimum Gasteiger partial charge on any atom is -0.495 e. The molecule has 2 amide bonds. The second kappa shape index (κ2) is 9.22. The van der Waals surface area contributed by atoms with Crippen LogP contribution in [0.25, 0.3) is 5.57 Å². The number of carbonyl (C=O) groups excluding carboxylic acids is 1. The molecular formula is C24H30N4O2. The molecule has 1 N–H and O–H groups in total. The Bertz CT molecular complexity index is 905. The Morgan fingerprint density at radius 3 is 2.43 bits per heavy atom. The number of methoxy groups -OCH3 is 1. The zero-order valence-electron chi connectivity index (χ0n) is 17.8. The highest BCUT2D eigenvalue weighted by Crippen LogP contribution is 2.32. The van der Waals surface area contributed by atoms with Crippen molar-refractivity contribution in [2.24, 2.45) is 0 Å². The number of hydrogen-bond acceptors (Lipinski definition) is 4. The molecule has 0 saturated carbocycles. The Kier molecular flexibility index (Phi) is 6.23. The van der Waals surface area contributed by atoms with Crippen LogP contribution in [0.5, 0.6) is 5.75 Å². The molecular weight excluding hydrogens is 376 g/mol. The molecule has 0 spiro atoms. The third kappa shape index (κ3) is 4.60. The van der Waals surface area contributed by atoms with Gasteiger partial charge in [0.05, 0.1) is 12.8 Å². The van der Waals surface area contributed by atoms with E-state index in [9.17, 15) is 4.79 Å². The first-order chi connectivity index (χ1) is 14.6. The van der Waals surface area contributed by atoms with E-state index < -0.39 is 0 Å². The van der Waals surface area contributed by atoms with Crippen molar-refractivity contribution in [2.75, 3.05) is 63.6 Å². The lowest BCUT2D eigenvalue weighted by Gasteiger charge is -2.35. The summed E-state index contributed by atoms with van der Waals surface area (Å²) in [4.78, 5) is 19.3. The van der Waals surface area contributed by atoms with Crippen molar-refractivity contribution < 1.29 is 9.53 Å². The van der Waals surface area contributed by atoms with Crippen molar-refractivity contribution >= 4 is 23.0 Å². The van der Waals surface area contributed by atoms with Crippen LogP contribution in [-0.4, -0.2) is 69.3 Å². The molecule has 2 aromatic rings. The smallest absolute Gasteiger partial charge is 0.322 e. The highest BCUT2D eigenvalue weighted by molar-refractivity contribution is 5.91. The number of rotatable bonds is 4. The first-order valence-corrected chi connectivity index (χ1v) is 10.6. The molecule has 30 heavy (non-hydrogen) atoms. The van der Waals surface area contributed by atoms with Crippen molar-refractivity contribution in [1.82, 2.24) is 9.80 Å². The van der Waals surface area contributed by atoms with E-state index in [1.165, 1.54) is 11.1 Å². The van der Waals surface area contributed by atoms with Gasteiger partial charge in [-0.05, 0) is 42.8 Å². The van der Waals surface area contributed by atoms with E-state index in [-0.39, 0.29) is 6.03 Å². The summed E-state index contributed by atoms with van der Waals surface area (Å²) in [6, 6.07) is 16.2. The van der Waals surface area contributed by atoms with Gasteiger partial charge in [0.1, 0.15) is 5.75 Å². The van der Waals surface area contributed by atoms with Crippen molar-refractivity contribution in [3.05, 3.63) is 60.2 Å². The number of nitrogens with one attached hydrogen (secondary N) is 1. The fourth-order valence-corrected chi connectivity index (χ4v) is 4.03. The first-order valence-electron chi connectivity index (χ1n) is 10.6. The van der Waals surface area contributed by atoms with Gasteiger partial charge in [0, 0.05) is 45.0 Å². The van der Waals surface area contributed by atoms with Crippen molar-refractivity contribution in [3.63, 3.8) is 0 Å². The van der Waals surface area contributed by atoms with Gasteiger partial charge in [-0.2, -0.15) is 0 Å². The molecule has 0 atom stereocenters. The molecule has 158 valence electrons. The predicted molar refractivity (Wildman–Crippen MR) is 122 cm³/mol. The molecule has 0 aliphatic carbocycles. The summed E-state index contributed by atoms with van der Waals surface area (Å²) >= 11 is 0. The monoisotopic (exact) mass is 406 g/mol. The zero-order valence-corrected chi connectivity index (χ0v) is 17.8. The van der Waals surface area contributed by atoms with E-state index >= 15 is 0 Å². The highest BCUT2D eigenvalue weighted by atomic mass is 16.5. The van der Waals surface area contributed by atoms with Gasteiger partial charge in [0.25, 0.3) is 0 Å². The van der Waals surface area contributed by atoms with Gasteiger partial charge in [-0.25, -0.2) is 4.79 Å². The lowest BCUT2D eigenvalue weighted by Crippen LogP contribution is -2.44. The maximum atomic E-state index is 12.8. The largest absolute Gasteiger partial charge is 0.495 e. The Hall–Kier alpha value is -2.99. The molecule has 2 aliphatic rings. The molecule has 4 rings (SSSR count). The summed E-state index contributed by atoms with van der Waals surface area (Å²) in [5.41, 5.74) is 4.38. The van der Waals surface area contributed by atoms with E-state index in [1.807, 2.05) is 29.2 Å². The van der Waals surface area contributed by atoms with Crippen LogP contribution in [0.3, 0.4) is 0 Å². The summed E-state index contributed by atoms with van der Waals surface area (Å²) in [5.74, 6) is 0.839. The maximum Gasteiger partial charge on any atom is 0.322 e. The fraction of sp³-hybridized carbons (Fsp3) is 0.375. The van der Waals surface area contributed by atoms with Crippen LogP contribution >= 0.6 is 0 Å². The van der Waals surface area contributed by atoms with Crippen LogP contribution in [0.15, 0.2) is 54.6 Å². The average molecular weight is 407 g/mol. The fourth-order valence-electron chi connectivity index (χ4n) is 4.03. The van der Waals surface area contributed by atoms with E-state index in [1.54, 1.807) is 7.11 Å². The summed E-state index contributed by atoms with van der Waals surface area (Å²) in [6.45, 7) is 5.27. The van der Waals surface area contributed by atoms with Gasteiger partial charge in [-0.1, -0.05) is 36.4 Å². The first kappa shape index (κ1) is 20.3. The topological polar surface area (TPSA) is 48.1 Å². The molecule has 0 unspecified atom stereocenters. The normalized spacial score (nSPS) is 17.5. The summed E-state index contributed by atoms with van der Waals surface area (Å²) in [7, 11) is 3.83. The Morgan fingerprint density at radius 1 is 1.00 bits per heavy atom. The number of ether oxygens (including phenoxy) is 1. The van der Waals surface area contributed by atoms with E-state index in [0.29, 0.717) is 13.1 Å². The van der Waals surface area contributed by atoms with Gasteiger partial charge >= 0.3 is 6.03 Å². The molecule has 0 radical (unpaired) electrons. The minimum atomic E-state index is -0.0622. The van der Waals surface area contributed by atoms with Crippen LogP contribution in [0.4, 0.5) is 16.2 Å². The van der Waals surface area contributed by atoms with Gasteiger partial charge in [0.2, 0.25) is 0 Å². The minimum absolute atomic E-state index is 0.0622. The third-order valence-electron chi connectivity index (χ3n) is 5.92. The van der Waals surface area contributed by atoms with Crippen LogP contribution in [-0.2, 0) is 0 Å². The molecule has 0 bridgehead atoms. The van der Waals surface area contributed by atoms with E-state index in [2.05, 4.69) is 52.5 Å². The molecule has 1 fully saturated rings. The third-order valence-corrected chi connectivity index (χ3v) is 5.92. The maximum absolute atomic E-state index is 12.8. The number of amides is 2. The summed E-state index contributed by atoms with van der Waals surface area (Å²) in [5, 5.41) is 3.07. The molecule has 1 saturated heterocycles. The summed E-state index contributed by atoms with van der Waals surface area (Å²) < 4.78 is 5.57. The second-order valence-corrected chi connectivity index (χ2v) is 7.90. The van der Waals surface area contributed by atoms with Crippen molar-refractivity contribution in [3.8, 4) is 5.75 Å². The Labute approximate surface area is 178 Å². The zero-order chi connectivity index (χ0) is 20.9. The standard InChI is InChI=1S/C24H30N4O2/c1-26-14-16-27(17-15-26)22-18-21(8-9-23(22)30-2)25-24(29)28-12-10-20(11-13-28)19-6-4-3-5-7-19/h3-10,18H,11-17H2,1-2H3,(H,25,29). The molecule has 0 aromatic heterocycles. The molecule has 6 nitrogen and oxygen atoms in total. The van der Waals surface area contributed by atoms with Crippen LogP contribution in [0.2, 0.25) is 0 Å². The lowest BCUT2D eigenvalue weighted by molar-refractivity contribution is 0.217. The SMILES string of the molecule is COc1ccc(NC(=O)N2CC=C(c3ccccc3)CC2)cc1N1CCN(C)CC1. The van der Waals surface area contributed by atoms with Crippen LogP contribution in [0.1, 0.15) is 12.0 Å². The van der Waals surface area contributed by atoms with Crippen molar-refractivity contribution in [1.29, 1.82) is 0 Å². The summed E-state index contributed by atoms with van der Waals surface area (Å²) in [6.07, 6.45) is 3.02. The molecule has 2 aromatic carbocycles. The van der Waals surface area contributed by atoms with E-state index in [0.717, 1.165) is 49.7 Å². The molecule has 2 aliphatic heterocycles. The predicted octanol–water partition coefficient (Wildman–Crippen LogP) is 3.77. The number of nitrogens with zero attached hydrogens (tertiary/aromatic N) is 3. The Balaban J connectivity index is 1.42. The number of piperazine rings is 1. The van der Waals surface area contributed by atoms with Gasteiger partial charge in [0.15, 0.2) is 0 Å². The van der Waals surface area contributed by atoms with E-state index in [4.69, 9.17) is 4.74 Å². The average Bonchev–Trinajstić information content (AvgIpc) is 2.80. The van der Waals surface area contributed by atoms with Gasteiger partial charge in [-0.15, -0.1) is 0 Å². The number of anilines is 2. The number of carbonyl (C=O) groups is 1. The van der Waals surface area contributed by atoms with Crippen LogP contribution in [0, 0.1) is 0 Å². The lowest BCUT2D eigenvalue weighted by atomic mass is 10.00. The second-order valence-electron chi connectivity index (χ2n) is 7.90. The number of likely N-dealkylation sites (N-methyl/N-ethyl adjacent to an activating group) is 1. The number of hydrogen-bond donors (Lipinski definition) is 1. The number of urea groups is 1. The molecule has 6 heteroatoms. The van der Waals surface area contributed by atoms with Gasteiger partial charge < -0.3 is 24.8 Å². The highest BCUT2D eigenvalue weighted by Gasteiger charge is 2.21. The van der Waals surface area contributed by atoms with Crippen molar-refractivity contribution in [2.45, 2.75) is 6.42 Å². The number of benzene rings is 2. The quantitative estimate of drug-likeness (QED) is 0.840. The van der Waals surface area contributed by atoms with Gasteiger partial charge in [-0.3, -0.25) is 0 Å². The van der Waals surface area contributed by atoms with Crippen LogP contribution < -0.4 is 15.0 Å².